The van der Waals surface area contributed by atoms with Gasteiger partial charge in [0.25, 0.3) is 0 Å². The standard InChI is InChI=1S/C8H19P/c1-7-8(2,3)9(7,4,5)6/h7H,1-6H3/t7-/m1/s1. The molecule has 1 fully saturated rings. The minimum absolute atomic E-state index is 0.672. The SMILES string of the molecule is C[C@@H]1C(C)(C)P1(C)(C)C. The fraction of sp³-hybridized carbons (Fsp3) is 1.00. The number of hydrogen-bond donors (Lipinski definition) is 0. The van der Waals surface area contributed by atoms with Crippen molar-refractivity contribution in [1.29, 1.82) is 0 Å². The van der Waals surface area contributed by atoms with Crippen LogP contribution in [0, 0.1) is 0 Å². The first-order chi connectivity index (χ1) is 3.69. The van der Waals surface area contributed by atoms with Crippen LogP contribution in [0.4, 0.5) is 0 Å². The molecule has 1 heteroatoms. The van der Waals surface area contributed by atoms with E-state index in [4.69, 9.17) is 0 Å². The zero-order valence-corrected chi connectivity index (χ0v) is 8.42. The van der Waals surface area contributed by atoms with Crippen LogP contribution < -0.4 is 0 Å². The second-order valence-corrected chi connectivity index (χ2v) is 13.0. The van der Waals surface area contributed by atoms with Crippen LogP contribution in [0.5, 0.6) is 0 Å². The molecule has 0 bridgehead atoms. The molecule has 0 aromatic heterocycles. The van der Waals surface area contributed by atoms with E-state index in [9.17, 15) is 0 Å². The Morgan fingerprint density at radius 2 is 1.22 bits per heavy atom. The van der Waals surface area contributed by atoms with E-state index in [2.05, 4.69) is 40.8 Å². The Morgan fingerprint density at radius 1 is 1.11 bits per heavy atom. The maximum atomic E-state index is 2.50. The Bertz CT molecular complexity index is 148. The summed E-state index contributed by atoms with van der Waals surface area (Å²) in [4.78, 5) is 0. The molecular weight excluding hydrogens is 127 g/mol. The maximum absolute atomic E-state index is 2.50. The summed E-state index contributed by atoms with van der Waals surface area (Å²) in [6.45, 7) is 13.6. The van der Waals surface area contributed by atoms with E-state index in [0.29, 0.717) is 5.16 Å². The molecule has 56 valence electrons. The summed E-state index contributed by atoms with van der Waals surface area (Å²) < 4.78 is 0. The molecule has 0 aromatic carbocycles. The summed E-state index contributed by atoms with van der Waals surface area (Å²) in [5.41, 5.74) is 0.989. The normalized spacial score (nSPS) is 46.9. The van der Waals surface area contributed by atoms with E-state index in [-0.39, 0.29) is 0 Å². The monoisotopic (exact) mass is 146 g/mol. The fourth-order valence-electron chi connectivity index (χ4n) is 1.80. The van der Waals surface area contributed by atoms with Gasteiger partial charge in [-0.2, -0.15) is 0 Å². The number of hydrogen-bond acceptors (Lipinski definition) is 0. The summed E-state index contributed by atoms with van der Waals surface area (Å²) in [5, 5.41) is 0.672. The predicted molar refractivity (Wildman–Crippen MR) is 48.2 cm³/mol. The molecule has 0 radical (unpaired) electrons. The molecule has 0 saturated carbocycles. The third kappa shape index (κ3) is 0.584. The van der Waals surface area contributed by atoms with E-state index in [1.807, 2.05) is 0 Å². The van der Waals surface area contributed by atoms with Crippen molar-refractivity contribution in [1.82, 2.24) is 0 Å². The third-order valence-corrected chi connectivity index (χ3v) is 12.0. The first-order valence-electron chi connectivity index (χ1n) is 3.69. The Morgan fingerprint density at radius 3 is 1.22 bits per heavy atom. The van der Waals surface area contributed by atoms with Crippen LogP contribution in [-0.2, 0) is 0 Å². The molecule has 1 atom stereocenters. The van der Waals surface area contributed by atoms with Crippen molar-refractivity contribution in [3.05, 3.63) is 0 Å². The van der Waals surface area contributed by atoms with Crippen LogP contribution in [0.25, 0.3) is 0 Å². The van der Waals surface area contributed by atoms with Crippen molar-refractivity contribution in [2.75, 3.05) is 20.0 Å². The zero-order chi connectivity index (χ0) is 7.52. The molecule has 0 amide bonds. The van der Waals surface area contributed by atoms with Gasteiger partial charge in [0.15, 0.2) is 0 Å². The molecule has 1 saturated heterocycles. The van der Waals surface area contributed by atoms with Gasteiger partial charge in [-0.05, 0) is 0 Å². The second kappa shape index (κ2) is 1.23. The van der Waals surface area contributed by atoms with Crippen LogP contribution in [0.3, 0.4) is 0 Å². The van der Waals surface area contributed by atoms with Gasteiger partial charge < -0.3 is 0 Å². The van der Waals surface area contributed by atoms with Gasteiger partial charge in [-0.15, -0.1) is 0 Å². The molecule has 1 aliphatic heterocycles. The molecule has 0 aromatic rings. The summed E-state index contributed by atoms with van der Waals surface area (Å²) >= 11 is 0. The molecule has 0 spiro atoms. The van der Waals surface area contributed by atoms with Crippen molar-refractivity contribution in [2.45, 2.75) is 31.6 Å². The molecule has 1 aliphatic rings. The summed E-state index contributed by atoms with van der Waals surface area (Å²) in [6.07, 6.45) is 0. The molecule has 1 heterocycles. The minimum atomic E-state index is -1.15. The van der Waals surface area contributed by atoms with Crippen molar-refractivity contribution < 1.29 is 0 Å². The second-order valence-electron chi connectivity index (χ2n) is 5.25. The molecule has 0 unspecified atom stereocenters. The topological polar surface area (TPSA) is 0 Å². The van der Waals surface area contributed by atoms with E-state index in [1.54, 1.807) is 0 Å². The molecular formula is C8H19P. The van der Waals surface area contributed by atoms with Crippen LogP contribution in [-0.4, -0.2) is 30.8 Å². The van der Waals surface area contributed by atoms with Crippen LogP contribution in [0.1, 0.15) is 20.8 Å². The van der Waals surface area contributed by atoms with Gasteiger partial charge in [-0.25, -0.2) is 0 Å². The van der Waals surface area contributed by atoms with Crippen LogP contribution in [0.15, 0.2) is 0 Å². The third-order valence-electron chi connectivity index (χ3n) is 4.37. The van der Waals surface area contributed by atoms with Crippen LogP contribution >= 0.6 is 6.60 Å². The molecule has 9 heavy (non-hydrogen) atoms. The molecule has 0 nitrogen and oxygen atoms in total. The Balaban J connectivity index is 2.96. The van der Waals surface area contributed by atoms with Crippen molar-refractivity contribution in [2.24, 2.45) is 0 Å². The summed E-state index contributed by atoms with van der Waals surface area (Å²) in [5.74, 6) is 0. The van der Waals surface area contributed by atoms with E-state index in [1.165, 1.54) is 0 Å². The predicted octanol–water partition coefficient (Wildman–Crippen LogP) is 2.61. The molecule has 0 aliphatic carbocycles. The van der Waals surface area contributed by atoms with E-state index in [0.717, 1.165) is 5.66 Å². The Hall–Kier alpha value is 0.430. The van der Waals surface area contributed by atoms with Gasteiger partial charge >= 0.3 is 58.2 Å². The Kier molecular flexibility index (Phi) is 1.03. The zero-order valence-electron chi connectivity index (χ0n) is 7.52. The van der Waals surface area contributed by atoms with Gasteiger partial charge in [-0.3, -0.25) is 0 Å². The van der Waals surface area contributed by atoms with E-state index >= 15 is 0 Å². The van der Waals surface area contributed by atoms with Crippen LogP contribution in [0.2, 0.25) is 0 Å². The molecule has 1 rings (SSSR count). The van der Waals surface area contributed by atoms with Gasteiger partial charge in [0.05, 0.1) is 0 Å². The van der Waals surface area contributed by atoms with Crippen molar-refractivity contribution >= 4 is 6.60 Å². The van der Waals surface area contributed by atoms with Crippen molar-refractivity contribution in [3.63, 3.8) is 0 Å². The quantitative estimate of drug-likeness (QED) is 0.461. The van der Waals surface area contributed by atoms with Gasteiger partial charge in [-0.1, -0.05) is 0 Å². The van der Waals surface area contributed by atoms with Crippen molar-refractivity contribution in [3.8, 4) is 0 Å². The van der Waals surface area contributed by atoms with E-state index < -0.39 is 6.60 Å². The first-order valence-corrected chi connectivity index (χ1v) is 7.34. The number of rotatable bonds is 0. The average Bonchev–Trinajstić information content (AvgIpc) is 1.83. The molecule has 0 N–H and O–H groups in total. The summed E-state index contributed by atoms with van der Waals surface area (Å²) in [7, 11) is 0. The fourth-order valence-corrected chi connectivity index (χ4v) is 6.43. The average molecular weight is 146 g/mol. The Labute approximate surface area is 59.0 Å². The van der Waals surface area contributed by atoms with Gasteiger partial charge in [0.2, 0.25) is 0 Å². The van der Waals surface area contributed by atoms with Gasteiger partial charge in [0, 0.05) is 0 Å². The summed E-state index contributed by atoms with van der Waals surface area (Å²) in [6, 6.07) is 0. The first kappa shape index (κ1) is 7.54. The van der Waals surface area contributed by atoms with Gasteiger partial charge in [0.1, 0.15) is 0 Å².